The van der Waals surface area contributed by atoms with Crippen LogP contribution >= 0.6 is 0 Å². The number of aromatic amines is 1. The fourth-order valence-corrected chi connectivity index (χ4v) is 2.77. The minimum Gasteiger partial charge on any atom is -0.390 e. The van der Waals surface area contributed by atoms with Crippen molar-refractivity contribution < 1.29 is 13.5 Å². The van der Waals surface area contributed by atoms with Crippen molar-refractivity contribution in [2.24, 2.45) is 0 Å². The van der Waals surface area contributed by atoms with Gasteiger partial charge in [-0.05, 0) is 18.1 Å². The molecule has 1 heterocycles. The van der Waals surface area contributed by atoms with E-state index in [1.165, 1.54) is 12.3 Å². The second-order valence-electron chi connectivity index (χ2n) is 4.15. The zero-order valence-electron chi connectivity index (χ0n) is 10.3. The van der Waals surface area contributed by atoms with Crippen LogP contribution in [-0.4, -0.2) is 25.1 Å². The summed E-state index contributed by atoms with van der Waals surface area (Å²) in [6, 6.07) is 11.1. The molecule has 0 fully saturated rings. The molecule has 0 aliphatic rings. The molecule has 19 heavy (non-hydrogen) atoms. The number of sulfonamides is 1. The Morgan fingerprint density at radius 1 is 1.21 bits per heavy atom. The lowest BCUT2D eigenvalue weighted by Gasteiger charge is -2.04. The van der Waals surface area contributed by atoms with Crippen molar-refractivity contribution in [1.29, 1.82) is 0 Å². The van der Waals surface area contributed by atoms with Gasteiger partial charge in [0.15, 0.2) is 0 Å². The highest BCUT2D eigenvalue weighted by Crippen LogP contribution is 2.10. The van der Waals surface area contributed by atoms with Gasteiger partial charge in [0.1, 0.15) is 0 Å². The molecule has 0 unspecified atom stereocenters. The van der Waals surface area contributed by atoms with Gasteiger partial charge in [-0.2, -0.15) is 0 Å². The molecule has 1 aromatic carbocycles. The molecule has 2 rings (SSSR count). The Morgan fingerprint density at radius 2 is 1.95 bits per heavy atom. The van der Waals surface area contributed by atoms with Crippen molar-refractivity contribution >= 4 is 10.0 Å². The zero-order chi connectivity index (χ0) is 13.7. The number of aliphatic hydroxyl groups is 1. The van der Waals surface area contributed by atoms with Crippen molar-refractivity contribution in [1.82, 2.24) is 9.71 Å². The van der Waals surface area contributed by atoms with E-state index in [0.717, 1.165) is 5.56 Å². The van der Waals surface area contributed by atoms with Crippen LogP contribution in [0.3, 0.4) is 0 Å². The highest BCUT2D eigenvalue weighted by atomic mass is 32.2. The number of nitrogens with one attached hydrogen (secondary N) is 2. The topological polar surface area (TPSA) is 82.2 Å². The number of rotatable bonds is 6. The molecule has 3 N–H and O–H groups in total. The molecule has 102 valence electrons. The van der Waals surface area contributed by atoms with E-state index in [9.17, 15) is 8.42 Å². The van der Waals surface area contributed by atoms with E-state index in [2.05, 4.69) is 9.71 Å². The minimum atomic E-state index is -3.51. The number of hydrogen-bond acceptors (Lipinski definition) is 3. The molecule has 0 aliphatic carbocycles. The SMILES string of the molecule is O=S(=O)(NCCc1ccccc1)c1c[nH]c(CO)c1. The molecule has 2 aromatic rings. The molecule has 0 saturated carbocycles. The van der Waals surface area contributed by atoms with Gasteiger partial charge in [0.2, 0.25) is 10.0 Å². The van der Waals surface area contributed by atoms with Gasteiger partial charge in [0, 0.05) is 18.4 Å². The largest absolute Gasteiger partial charge is 0.390 e. The van der Waals surface area contributed by atoms with E-state index < -0.39 is 10.0 Å². The first-order chi connectivity index (χ1) is 9.12. The summed E-state index contributed by atoms with van der Waals surface area (Å²) in [5.74, 6) is 0. The maximum atomic E-state index is 11.9. The third-order valence-corrected chi connectivity index (χ3v) is 4.19. The Labute approximate surface area is 112 Å². The average molecular weight is 280 g/mol. The van der Waals surface area contributed by atoms with Gasteiger partial charge < -0.3 is 10.1 Å². The molecular formula is C13H16N2O3S. The average Bonchev–Trinajstić information content (AvgIpc) is 2.89. The first-order valence-electron chi connectivity index (χ1n) is 5.93. The molecule has 0 atom stereocenters. The minimum absolute atomic E-state index is 0.143. The van der Waals surface area contributed by atoms with Crippen LogP contribution < -0.4 is 4.72 Å². The maximum absolute atomic E-state index is 11.9. The van der Waals surface area contributed by atoms with Crippen LogP contribution in [0.1, 0.15) is 11.3 Å². The highest BCUT2D eigenvalue weighted by molar-refractivity contribution is 7.89. The Morgan fingerprint density at radius 3 is 2.58 bits per heavy atom. The quantitative estimate of drug-likeness (QED) is 0.739. The smallest absolute Gasteiger partial charge is 0.242 e. The standard InChI is InChI=1S/C13H16N2O3S/c16-10-12-8-13(9-14-12)19(17,18)15-7-6-11-4-2-1-3-5-11/h1-5,8-9,14-16H,6-7,10H2. The van der Waals surface area contributed by atoms with Gasteiger partial charge in [-0.3, -0.25) is 0 Å². The van der Waals surface area contributed by atoms with E-state index in [4.69, 9.17) is 5.11 Å². The molecule has 0 saturated heterocycles. The van der Waals surface area contributed by atoms with Gasteiger partial charge in [-0.15, -0.1) is 0 Å². The Hall–Kier alpha value is -1.63. The fourth-order valence-electron chi connectivity index (χ4n) is 1.72. The second kappa shape index (κ2) is 6.01. The van der Waals surface area contributed by atoms with Crippen LogP contribution in [0, 0.1) is 0 Å². The second-order valence-corrected chi connectivity index (χ2v) is 5.92. The maximum Gasteiger partial charge on any atom is 0.242 e. The molecule has 0 radical (unpaired) electrons. The Balaban J connectivity index is 1.94. The van der Waals surface area contributed by atoms with E-state index >= 15 is 0 Å². The first-order valence-corrected chi connectivity index (χ1v) is 7.42. The summed E-state index contributed by atoms with van der Waals surface area (Å²) in [5.41, 5.74) is 1.55. The normalized spacial score (nSPS) is 11.6. The summed E-state index contributed by atoms with van der Waals surface area (Å²) in [5, 5.41) is 8.89. The monoisotopic (exact) mass is 280 g/mol. The van der Waals surface area contributed by atoms with Gasteiger partial charge >= 0.3 is 0 Å². The third kappa shape index (κ3) is 3.66. The first kappa shape index (κ1) is 13.8. The zero-order valence-corrected chi connectivity index (χ0v) is 11.2. The lowest BCUT2D eigenvalue weighted by molar-refractivity contribution is 0.277. The lowest BCUT2D eigenvalue weighted by Crippen LogP contribution is -2.25. The molecule has 5 nitrogen and oxygen atoms in total. The van der Waals surface area contributed by atoms with Crippen molar-refractivity contribution in [2.75, 3.05) is 6.54 Å². The number of hydrogen-bond donors (Lipinski definition) is 3. The van der Waals surface area contributed by atoms with Crippen LogP contribution in [0.5, 0.6) is 0 Å². The molecular weight excluding hydrogens is 264 g/mol. The van der Waals surface area contributed by atoms with Crippen molar-refractivity contribution in [3.63, 3.8) is 0 Å². The Bertz CT molecular complexity index is 620. The van der Waals surface area contributed by atoms with E-state index in [1.807, 2.05) is 30.3 Å². The summed E-state index contributed by atoms with van der Waals surface area (Å²) < 4.78 is 26.4. The van der Waals surface area contributed by atoms with Crippen molar-refractivity contribution in [3.8, 4) is 0 Å². The van der Waals surface area contributed by atoms with Crippen LogP contribution in [0.25, 0.3) is 0 Å². The predicted molar refractivity (Wildman–Crippen MR) is 72.1 cm³/mol. The molecule has 0 aliphatic heterocycles. The summed E-state index contributed by atoms with van der Waals surface area (Å²) in [6.45, 7) is 0.130. The van der Waals surface area contributed by atoms with Crippen molar-refractivity contribution in [3.05, 3.63) is 53.9 Å². The third-order valence-electron chi connectivity index (χ3n) is 2.75. The highest BCUT2D eigenvalue weighted by Gasteiger charge is 2.15. The van der Waals surface area contributed by atoms with Crippen LogP contribution in [0.2, 0.25) is 0 Å². The molecule has 0 bridgehead atoms. The lowest BCUT2D eigenvalue weighted by atomic mass is 10.2. The summed E-state index contributed by atoms with van der Waals surface area (Å²) in [7, 11) is -3.51. The van der Waals surface area contributed by atoms with E-state index in [1.54, 1.807) is 0 Å². The number of H-pyrrole nitrogens is 1. The number of benzene rings is 1. The number of aliphatic hydroxyl groups excluding tert-OH is 1. The summed E-state index contributed by atoms with van der Waals surface area (Å²) in [4.78, 5) is 2.84. The van der Waals surface area contributed by atoms with Crippen LogP contribution in [0.15, 0.2) is 47.5 Å². The van der Waals surface area contributed by atoms with Crippen LogP contribution in [-0.2, 0) is 23.1 Å². The number of aromatic nitrogens is 1. The van der Waals surface area contributed by atoms with Gasteiger partial charge in [0.05, 0.1) is 11.5 Å². The van der Waals surface area contributed by atoms with Crippen molar-refractivity contribution in [2.45, 2.75) is 17.9 Å². The van der Waals surface area contributed by atoms with Gasteiger partial charge in [0.25, 0.3) is 0 Å². The Kier molecular flexibility index (Phi) is 4.36. The van der Waals surface area contributed by atoms with E-state index in [0.29, 0.717) is 18.7 Å². The van der Waals surface area contributed by atoms with Gasteiger partial charge in [-0.25, -0.2) is 13.1 Å². The summed E-state index contributed by atoms with van der Waals surface area (Å²) in [6.07, 6.45) is 2.01. The molecule has 0 amide bonds. The fraction of sp³-hybridized carbons (Fsp3) is 0.231. The van der Waals surface area contributed by atoms with Crippen LogP contribution in [0.4, 0.5) is 0 Å². The molecule has 6 heteroatoms. The molecule has 0 spiro atoms. The predicted octanol–water partition coefficient (Wildman–Crippen LogP) is 1.03. The van der Waals surface area contributed by atoms with Gasteiger partial charge in [-0.1, -0.05) is 30.3 Å². The van der Waals surface area contributed by atoms with E-state index in [-0.39, 0.29) is 11.5 Å². The molecule has 1 aromatic heterocycles. The summed E-state index contributed by atoms with van der Waals surface area (Å²) >= 11 is 0.